The van der Waals surface area contributed by atoms with Crippen molar-refractivity contribution >= 4 is 17.6 Å². The van der Waals surface area contributed by atoms with Crippen molar-refractivity contribution in [2.75, 3.05) is 0 Å². The van der Waals surface area contributed by atoms with Crippen molar-refractivity contribution in [1.29, 1.82) is 0 Å². The molecule has 5 heteroatoms. The van der Waals surface area contributed by atoms with Gasteiger partial charge in [0.25, 0.3) is 0 Å². The van der Waals surface area contributed by atoms with E-state index in [1.807, 2.05) is 31.2 Å². The number of aromatic nitrogens is 2. The zero-order chi connectivity index (χ0) is 14.9. The Kier molecular flexibility index (Phi) is 4.14. The Hall–Kier alpha value is -1.81. The lowest BCUT2D eigenvalue weighted by molar-refractivity contribution is 0.0696. The maximum absolute atomic E-state index is 11.3. The molecular weight excluding hydrogens is 276 g/mol. The van der Waals surface area contributed by atoms with Gasteiger partial charge in [0.2, 0.25) is 0 Å². The first kappa shape index (κ1) is 14.6. The van der Waals surface area contributed by atoms with E-state index in [-0.39, 0.29) is 10.7 Å². The number of carboxylic acid groups (broad SMARTS) is 1. The number of aryl methyl sites for hydroxylation is 1. The van der Waals surface area contributed by atoms with Crippen LogP contribution in [0.1, 0.15) is 48.3 Å². The van der Waals surface area contributed by atoms with Crippen molar-refractivity contribution in [3.63, 3.8) is 0 Å². The van der Waals surface area contributed by atoms with Crippen LogP contribution < -0.4 is 0 Å². The van der Waals surface area contributed by atoms with Crippen LogP contribution in [0.25, 0.3) is 5.69 Å². The average Bonchev–Trinajstić information content (AvgIpc) is 2.75. The number of hydrogen-bond donors (Lipinski definition) is 1. The Morgan fingerprint density at radius 3 is 2.35 bits per heavy atom. The lowest BCUT2D eigenvalue weighted by Crippen LogP contribution is -2.00. The van der Waals surface area contributed by atoms with Gasteiger partial charge in [0, 0.05) is 0 Å². The third-order valence-corrected chi connectivity index (χ3v) is 3.60. The minimum atomic E-state index is -1.04. The van der Waals surface area contributed by atoms with Gasteiger partial charge < -0.3 is 5.11 Å². The molecule has 1 aromatic carbocycles. The van der Waals surface area contributed by atoms with Crippen molar-refractivity contribution in [1.82, 2.24) is 9.78 Å². The van der Waals surface area contributed by atoms with Gasteiger partial charge >= 0.3 is 5.97 Å². The Bertz CT molecular complexity index is 630. The largest absolute Gasteiger partial charge is 0.478 e. The fourth-order valence-electron chi connectivity index (χ4n) is 2.07. The van der Waals surface area contributed by atoms with E-state index in [0.29, 0.717) is 18.0 Å². The third kappa shape index (κ3) is 2.56. The van der Waals surface area contributed by atoms with Crippen molar-refractivity contribution in [3.8, 4) is 5.69 Å². The zero-order valence-corrected chi connectivity index (χ0v) is 12.5. The fourth-order valence-corrected chi connectivity index (χ4v) is 2.40. The quantitative estimate of drug-likeness (QED) is 0.929. The summed E-state index contributed by atoms with van der Waals surface area (Å²) in [6.45, 7) is 6.10. The highest BCUT2D eigenvalue weighted by atomic mass is 35.5. The van der Waals surface area contributed by atoms with E-state index in [1.54, 1.807) is 0 Å². The lowest BCUT2D eigenvalue weighted by Gasteiger charge is -2.07. The second-order valence-corrected chi connectivity index (χ2v) is 5.29. The minimum Gasteiger partial charge on any atom is -0.478 e. The first-order valence-electron chi connectivity index (χ1n) is 6.56. The first-order valence-corrected chi connectivity index (χ1v) is 6.94. The average molecular weight is 293 g/mol. The van der Waals surface area contributed by atoms with Crippen molar-refractivity contribution < 1.29 is 9.90 Å². The van der Waals surface area contributed by atoms with Crippen LogP contribution in [0.15, 0.2) is 24.3 Å². The Morgan fingerprint density at radius 2 is 1.95 bits per heavy atom. The number of benzene rings is 1. The molecule has 0 radical (unpaired) electrons. The van der Waals surface area contributed by atoms with Crippen LogP contribution in [-0.2, 0) is 6.42 Å². The molecule has 2 rings (SSSR count). The zero-order valence-electron chi connectivity index (χ0n) is 11.7. The third-order valence-electron chi connectivity index (χ3n) is 3.25. The topological polar surface area (TPSA) is 55.1 Å². The van der Waals surface area contributed by atoms with E-state index < -0.39 is 5.97 Å². The van der Waals surface area contributed by atoms with Crippen LogP contribution in [0.2, 0.25) is 5.15 Å². The van der Waals surface area contributed by atoms with Gasteiger partial charge in [0.1, 0.15) is 10.7 Å². The van der Waals surface area contributed by atoms with Crippen molar-refractivity contribution in [2.45, 2.75) is 33.1 Å². The molecule has 0 aliphatic heterocycles. The van der Waals surface area contributed by atoms with Gasteiger partial charge in [-0.2, -0.15) is 5.10 Å². The molecule has 0 aliphatic rings. The monoisotopic (exact) mass is 292 g/mol. The summed E-state index contributed by atoms with van der Waals surface area (Å²) in [5, 5.41) is 13.7. The number of hydrogen-bond acceptors (Lipinski definition) is 2. The summed E-state index contributed by atoms with van der Waals surface area (Å²) in [5.41, 5.74) is 2.56. The molecule has 0 saturated carbocycles. The molecule has 0 saturated heterocycles. The molecule has 2 aromatic rings. The molecular formula is C15H17ClN2O2. The molecule has 0 unspecified atom stereocenters. The summed E-state index contributed by atoms with van der Waals surface area (Å²) < 4.78 is 1.48. The predicted molar refractivity (Wildman–Crippen MR) is 79.0 cm³/mol. The van der Waals surface area contributed by atoms with Gasteiger partial charge in [-0.15, -0.1) is 0 Å². The molecule has 0 fully saturated rings. The van der Waals surface area contributed by atoms with Crippen LogP contribution in [-0.4, -0.2) is 20.9 Å². The smallest absolute Gasteiger partial charge is 0.340 e. The molecule has 0 atom stereocenters. The van der Waals surface area contributed by atoms with E-state index in [0.717, 1.165) is 5.69 Å². The molecule has 0 amide bonds. The normalized spacial score (nSPS) is 11.1. The molecule has 0 spiro atoms. The summed E-state index contributed by atoms with van der Waals surface area (Å²) in [6, 6.07) is 7.81. The maximum Gasteiger partial charge on any atom is 0.340 e. The van der Waals surface area contributed by atoms with Crippen LogP contribution in [0.5, 0.6) is 0 Å². The summed E-state index contributed by atoms with van der Waals surface area (Å²) in [7, 11) is 0. The molecule has 1 aromatic heterocycles. The minimum absolute atomic E-state index is 0.0853. The van der Waals surface area contributed by atoms with Crippen LogP contribution in [0, 0.1) is 0 Å². The van der Waals surface area contributed by atoms with Crippen molar-refractivity contribution in [2.24, 2.45) is 0 Å². The van der Waals surface area contributed by atoms with E-state index in [2.05, 4.69) is 18.9 Å². The summed E-state index contributed by atoms with van der Waals surface area (Å²) in [4.78, 5) is 11.3. The number of halogens is 1. The number of nitrogens with zero attached hydrogens (tertiary/aromatic N) is 2. The van der Waals surface area contributed by atoms with E-state index in [9.17, 15) is 9.90 Å². The van der Waals surface area contributed by atoms with Crippen molar-refractivity contribution in [3.05, 3.63) is 46.2 Å². The highest BCUT2D eigenvalue weighted by molar-refractivity contribution is 6.32. The highest BCUT2D eigenvalue weighted by Crippen LogP contribution is 2.25. The van der Waals surface area contributed by atoms with E-state index in [1.165, 1.54) is 10.2 Å². The first-order chi connectivity index (χ1) is 9.45. The highest BCUT2D eigenvalue weighted by Gasteiger charge is 2.21. The van der Waals surface area contributed by atoms with Gasteiger partial charge in [0.05, 0.1) is 11.4 Å². The predicted octanol–water partition coefficient (Wildman–Crippen LogP) is 3.91. The summed E-state index contributed by atoms with van der Waals surface area (Å²) in [6.07, 6.45) is 0.526. The van der Waals surface area contributed by atoms with E-state index >= 15 is 0 Å². The summed E-state index contributed by atoms with van der Waals surface area (Å²) >= 11 is 6.16. The van der Waals surface area contributed by atoms with Gasteiger partial charge in [0.15, 0.2) is 0 Å². The Balaban J connectivity index is 2.50. The number of carboxylic acids is 1. The van der Waals surface area contributed by atoms with Gasteiger partial charge in [-0.3, -0.25) is 0 Å². The van der Waals surface area contributed by atoms with Gasteiger partial charge in [-0.05, 0) is 30.0 Å². The fraction of sp³-hybridized carbons (Fsp3) is 0.333. The molecule has 4 nitrogen and oxygen atoms in total. The van der Waals surface area contributed by atoms with Gasteiger partial charge in [-0.1, -0.05) is 44.5 Å². The molecule has 0 aliphatic carbocycles. The number of carbonyl (C=O) groups is 1. The van der Waals surface area contributed by atoms with Gasteiger partial charge in [-0.25, -0.2) is 9.48 Å². The van der Waals surface area contributed by atoms with Crippen LogP contribution in [0.3, 0.4) is 0 Å². The second-order valence-electron chi connectivity index (χ2n) is 4.93. The number of rotatable bonds is 4. The molecule has 1 heterocycles. The second kappa shape index (κ2) is 5.67. The van der Waals surface area contributed by atoms with Crippen LogP contribution >= 0.6 is 11.6 Å². The molecule has 106 valence electrons. The Morgan fingerprint density at radius 1 is 1.35 bits per heavy atom. The molecule has 0 bridgehead atoms. The number of aromatic carboxylic acids is 1. The maximum atomic E-state index is 11.3. The lowest BCUT2D eigenvalue weighted by atomic mass is 10.0. The SMILES string of the molecule is CCc1nn(-c2ccc(C(C)C)cc2)c(Cl)c1C(=O)O. The summed E-state index contributed by atoms with van der Waals surface area (Å²) in [5.74, 6) is -0.602. The molecule has 20 heavy (non-hydrogen) atoms. The van der Waals surface area contributed by atoms with Crippen LogP contribution in [0.4, 0.5) is 0 Å². The molecule has 1 N–H and O–H groups in total. The van der Waals surface area contributed by atoms with E-state index in [4.69, 9.17) is 11.6 Å². The standard InChI is InChI=1S/C15H17ClN2O2/c1-4-12-13(15(19)20)14(16)18(17-12)11-7-5-10(6-8-11)9(2)3/h5-9H,4H2,1-3H3,(H,19,20). The Labute approximate surface area is 123 Å².